The van der Waals surface area contributed by atoms with Crippen LogP contribution in [0.5, 0.6) is 0 Å². The second-order valence-electron chi connectivity index (χ2n) is 6.73. The number of esters is 1. The molecule has 0 saturated carbocycles. The number of thiazole rings is 1. The predicted octanol–water partition coefficient (Wildman–Crippen LogP) is 5.30. The lowest BCUT2D eigenvalue weighted by molar-refractivity contribution is -0.136. The zero-order valence-corrected chi connectivity index (χ0v) is 17.7. The molecule has 0 atom stereocenters. The number of ether oxygens (including phenoxy) is 1. The van der Waals surface area contributed by atoms with Crippen LogP contribution in [0, 0.1) is 5.82 Å². The monoisotopic (exact) mass is 433 g/mol. The van der Waals surface area contributed by atoms with Gasteiger partial charge in [-0.05, 0) is 42.8 Å². The first-order valence-electron chi connectivity index (χ1n) is 9.79. The van der Waals surface area contributed by atoms with E-state index in [0.29, 0.717) is 23.6 Å². The molecule has 5 nitrogen and oxygen atoms in total. The highest BCUT2D eigenvalue weighted by Crippen LogP contribution is 2.27. The lowest BCUT2D eigenvalue weighted by atomic mass is 10.2. The van der Waals surface area contributed by atoms with Crippen LogP contribution in [0.15, 0.2) is 72.4 Å². The van der Waals surface area contributed by atoms with Gasteiger partial charge in [0.25, 0.3) is 0 Å². The Balaban J connectivity index is 1.68. The van der Waals surface area contributed by atoms with Crippen molar-refractivity contribution >= 4 is 29.0 Å². The molecule has 4 aromatic rings. The first-order valence-corrected chi connectivity index (χ1v) is 10.7. The largest absolute Gasteiger partial charge is 0.462 e. The Morgan fingerprint density at radius 2 is 1.94 bits per heavy atom. The van der Waals surface area contributed by atoms with Gasteiger partial charge in [0.15, 0.2) is 0 Å². The molecule has 0 amide bonds. The van der Waals surface area contributed by atoms with Crippen molar-refractivity contribution < 1.29 is 13.9 Å². The van der Waals surface area contributed by atoms with Crippen molar-refractivity contribution in [3.8, 4) is 10.6 Å². The van der Waals surface area contributed by atoms with E-state index in [0.717, 1.165) is 16.1 Å². The van der Waals surface area contributed by atoms with Crippen LogP contribution in [0.4, 0.5) is 4.39 Å². The molecule has 0 aliphatic heterocycles. The Labute approximate surface area is 183 Å². The van der Waals surface area contributed by atoms with E-state index in [1.54, 1.807) is 31.3 Å². The molecule has 0 unspecified atom stereocenters. The molecule has 0 fully saturated rings. The first-order chi connectivity index (χ1) is 15.1. The zero-order valence-electron chi connectivity index (χ0n) is 16.9. The van der Waals surface area contributed by atoms with Crippen LogP contribution in [0.1, 0.15) is 24.0 Å². The molecule has 2 heterocycles. The number of carbonyl (C=O) groups excluding carboxylic acids is 1. The summed E-state index contributed by atoms with van der Waals surface area (Å²) in [5.41, 5.74) is 2.85. The molecule has 4 rings (SSSR count). The van der Waals surface area contributed by atoms with Gasteiger partial charge in [-0.25, -0.2) is 19.2 Å². The lowest BCUT2D eigenvalue weighted by Crippen LogP contribution is -2.12. The van der Waals surface area contributed by atoms with E-state index in [1.165, 1.54) is 23.5 Å². The van der Waals surface area contributed by atoms with Crippen LogP contribution in [-0.2, 0) is 16.1 Å². The van der Waals surface area contributed by atoms with Crippen molar-refractivity contribution in [2.24, 2.45) is 0 Å². The van der Waals surface area contributed by atoms with Gasteiger partial charge >= 0.3 is 5.97 Å². The summed E-state index contributed by atoms with van der Waals surface area (Å²) in [4.78, 5) is 21.8. The predicted molar refractivity (Wildman–Crippen MR) is 120 cm³/mol. The standard InChI is InChI=1S/C24H20FN3O2S/c1-2-30-24(29)21(22-26-12-13-28(22)15-17-6-4-3-5-7-17)14-20-16-31-23(27-20)18-8-10-19(25)11-9-18/h3-14,16H,2,15H2,1H3. The van der Waals surface area contributed by atoms with E-state index in [-0.39, 0.29) is 12.4 Å². The van der Waals surface area contributed by atoms with Gasteiger partial charge in [0.2, 0.25) is 0 Å². The SMILES string of the molecule is CCOC(=O)C(=Cc1csc(-c2ccc(F)cc2)n1)c1nccn1Cc1ccccc1. The number of rotatable bonds is 7. The highest BCUT2D eigenvalue weighted by atomic mass is 32.1. The van der Waals surface area contributed by atoms with Crippen molar-refractivity contribution in [2.75, 3.05) is 6.61 Å². The van der Waals surface area contributed by atoms with Gasteiger partial charge in [-0.2, -0.15) is 0 Å². The summed E-state index contributed by atoms with van der Waals surface area (Å²) in [6.07, 6.45) is 5.18. The minimum Gasteiger partial charge on any atom is -0.462 e. The topological polar surface area (TPSA) is 57.0 Å². The van der Waals surface area contributed by atoms with Crippen molar-refractivity contribution in [3.63, 3.8) is 0 Å². The molecule has 0 saturated heterocycles. The Morgan fingerprint density at radius 1 is 1.16 bits per heavy atom. The fourth-order valence-electron chi connectivity index (χ4n) is 3.11. The van der Waals surface area contributed by atoms with E-state index in [9.17, 15) is 9.18 Å². The highest BCUT2D eigenvalue weighted by molar-refractivity contribution is 7.13. The molecule has 156 valence electrons. The molecule has 0 N–H and O–H groups in total. The van der Waals surface area contributed by atoms with E-state index in [1.807, 2.05) is 46.5 Å². The summed E-state index contributed by atoms with van der Waals surface area (Å²) in [6.45, 7) is 2.60. The smallest absolute Gasteiger partial charge is 0.341 e. The number of hydrogen-bond donors (Lipinski definition) is 0. The maximum absolute atomic E-state index is 13.2. The summed E-state index contributed by atoms with van der Waals surface area (Å²) < 4.78 is 20.4. The molecule has 31 heavy (non-hydrogen) atoms. The minimum atomic E-state index is -0.459. The minimum absolute atomic E-state index is 0.257. The summed E-state index contributed by atoms with van der Waals surface area (Å²) in [5, 5.41) is 2.59. The molecule has 0 radical (unpaired) electrons. The van der Waals surface area contributed by atoms with Crippen LogP contribution < -0.4 is 0 Å². The molecule has 2 aromatic heterocycles. The third-order valence-corrected chi connectivity index (χ3v) is 5.46. The molecule has 7 heteroatoms. The number of hydrogen-bond acceptors (Lipinski definition) is 5. The van der Waals surface area contributed by atoms with Gasteiger partial charge < -0.3 is 9.30 Å². The van der Waals surface area contributed by atoms with Crippen molar-refractivity contribution in [1.29, 1.82) is 0 Å². The Kier molecular flexibility index (Phi) is 6.33. The molecule has 0 bridgehead atoms. The maximum Gasteiger partial charge on any atom is 0.341 e. The summed E-state index contributed by atoms with van der Waals surface area (Å²) >= 11 is 1.42. The van der Waals surface area contributed by atoms with Gasteiger partial charge in [-0.15, -0.1) is 11.3 Å². The van der Waals surface area contributed by atoms with E-state index >= 15 is 0 Å². The average molecular weight is 434 g/mol. The molecular formula is C24H20FN3O2S. The van der Waals surface area contributed by atoms with E-state index < -0.39 is 5.97 Å². The molecular weight excluding hydrogens is 413 g/mol. The number of carbonyl (C=O) groups is 1. The Bertz CT molecular complexity index is 1200. The number of halogens is 1. The summed E-state index contributed by atoms with van der Waals surface area (Å²) in [7, 11) is 0. The van der Waals surface area contributed by atoms with E-state index in [4.69, 9.17) is 4.74 Å². The van der Waals surface area contributed by atoms with Crippen LogP contribution in [-0.4, -0.2) is 27.1 Å². The van der Waals surface area contributed by atoms with Gasteiger partial charge in [0.1, 0.15) is 22.2 Å². The Hall–Kier alpha value is -3.58. The third kappa shape index (κ3) is 4.95. The average Bonchev–Trinajstić information content (AvgIpc) is 3.43. The van der Waals surface area contributed by atoms with Gasteiger partial charge in [-0.3, -0.25) is 0 Å². The number of imidazole rings is 1. The number of benzene rings is 2. The fourth-order valence-corrected chi connectivity index (χ4v) is 3.89. The van der Waals surface area contributed by atoms with Gasteiger partial charge in [0.05, 0.1) is 12.3 Å². The second kappa shape index (κ2) is 9.49. The zero-order chi connectivity index (χ0) is 21.6. The van der Waals surface area contributed by atoms with Crippen LogP contribution in [0.3, 0.4) is 0 Å². The maximum atomic E-state index is 13.2. The Morgan fingerprint density at radius 3 is 2.68 bits per heavy atom. The molecule has 2 aromatic carbocycles. The van der Waals surface area contributed by atoms with Crippen molar-refractivity contribution in [2.45, 2.75) is 13.5 Å². The number of nitrogens with zero attached hydrogens (tertiary/aromatic N) is 3. The fraction of sp³-hybridized carbons (Fsp3) is 0.125. The highest BCUT2D eigenvalue weighted by Gasteiger charge is 2.19. The summed E-state index contributed by atoms with van der Waals surface area (Å²) in [6, 6.07) is 16.1. The third-order valence-electron chi connectivity index (χ3n) is 4.55. The number of aromatic nitrogens is 3. The molecule has 0 aliphatic rings. The van der Waals surface area contributed by atoms with E-state index in [2.05, 4.69) is 9.97 Å². The summed E-state index contributed by atoms with van der Waals surface area (Å²) in [5.74, 6) is -0.242. The van der Waals surface area contributed by atoms with Crippen LogP contribution in [0.2, 0.25) is 0 Å². The molecule has 0 aliphatic carbocycles. The molecule has 0 spiro atoms. The van der Waals surface area contributed by atoms with Crippen molar-refractivity contribution in [1.82, 2.24) is 14.5 Å². The van der Waals surface area contributed by atoms with Crippen LogP contribution >= 0.6 is 11.3 Å². The van der Waals surface area contributed by atoms with Gasteiger partial charge in [-0.1, -0.05) is 30.3 Å². The van der Waals surface area contributed by atoms with Gasteiger partial charge in [0, 0.05) is 29.9 Å². The first kappa shape index (κ1) is 20.7. The quantitative estimate of drug-likeness (QED) is 0.293. The lowest BCUT2D eigenvalue weighted by Gasteiger charge is -2.10. The van der Waals surface area contributed by atoms with Crippen LogP contribution in [0.25, 0.3) is 22.2 Å². The second-order valence-corrected chi connectivity index (χ2v) is 7.59. The van der Waals surface area contributed by atoms with Crippen molar-refractivity contribution in [3.05, 3.63) is 95.3 Å². The normalized spacial score (nSPS) is 11.5.